The Morgan fingerprint density at radius 1 is 1.18 bits per heavy atom. The van der Waals surface area contributed by atoms with Crippen LogP contribution in [-0.4, -0.2) is 26.8 Å². The molecule has 2 N–H and O–H groups in total. The minimum Gasteiger partial charge on any atom is -0.457 e. The molecule has 0 fully saturated rings. The fraction of sp³-hybridized carbons (Fsp3) is 0.167. The molecular weight excluding hydrogens is 547 g/mol. The van der Waals surface area contributed by atoms with E-state index in [1.165, 1.54) is 23.5 Å². The van der Waals surface area contributed by atoms with Gasteiger partial charge < -0.3 is 15.4 Å². The highest BCUT2D eigenvalue weighted by Gasteiger charge is 2.48. The zero-order chi connectivity index (χ0) is 27.0. The van der Waals surface area contributed by atoms with E-state index in [9.17, 15) is 28.1 Å². The van der Waals surface area contributed by atoms with Gasteiger partial charge in [-0.15, -0.1) is 11.3 Å². The Morgan fingerprint density at radius 2 is 1.95 bits per heavy atom. The highest BCUT2D eigenvalue weighted by molar-refractivity contribution is 7.10. The molecule has 3 heterocycles. The second-order valence-electron chi connectivity index (χ2n) is 8.30. The van der Waals surface area contributed by atoms with Crippen LogP contribution in [0.2, 0.25) is 5.02 Å². The Kier molecular flexibility index (Phi) is 6.71. The van der Waals surface area contributed by atoms with Gasteiger partial charge in [0.1, 0.15) is 22.3 Å². The Labute approximate surface area is 221 Å². The van der Waals surface area contributed by atoms with Gasteiger partial charge in [0.05, 0.1) is 22.7 Å². The number of rotatable bonds is 6. The van der Waals surface area contributed by atoms with Crippen LogP contribution >= 0.6 is 22.9 Å². The number of amides is 1. The molecule has 38 heavy (non-hydrogen) atoms. The van der Waals surface area contributed by atoms with Crippen molar-refractivity contribution in [1.29, 1.82) is 0 Å². The Hall–Kier alpha value is -4.10. The summed E-state index contributed by atoms with van der Waals surface area (Å²) < 4.78 is 48.2. The maximum atomic E-state index is 14.0. The van der Waals surface area contributed by atoms with E-state index in [4.69, 9.17) is 16.3 Å². The molecule has 2 aromatic heterocycles. The molecular formula is C24H17ClF3N5O4S. The van der Waals surface area contributed by atoms with E-state index in [1.54, 1.807) is 47.8 Å². The van der Waals surface area contributed by atoms with Gasteiger partial charge in [-0.25, -0.2) is 4.68 Å². The molecule has 0 radical (unpaired) electrons. The number of aromatic nitrogens is 2. The number of non-ortho nitro benzene ring substituents is 1. The minimum atomic E-state index is -4.65. The SMILES string of the molecule is O=C(Nc1cc(Oc2ccccc2)cc([N+](=O)[O-])c1)c1nn2c(c1Cl)N[C@@H](c1cccs1)C[C@@H]2C(F)(F)F. The number of hydrogen-bond donors (Lipinski definition) is 2. The Morgan fingerprint density at radius 3 is 2.61 bits per heavy atom. The average Bonchev–Trinajstić information content (AvgIpc) is 3.52. The largest absolute Gasteiger partial charge is 0.457 e. The average molecular weight is 564 g/mol. The molecule has 1 aliphatic heterocycles. The summed E-state index contributed by atoms with van der Waals surface area (Å²) in [7, 11) is 0. The fourth-order valence-electron chi connectivity index (χ4n) is 4.05. The van der Waals surface area contributed by atoms with E-state index >= 15 is 0 Å². The summed E-state index contributed by atoms with van der Waals surface area (Å²) in [4.78, 5) is 24.5. The van der Waals surface area contributed by atoms with Crippen molar-refractivity contribution in [3.05, 3.63) is 91.8 Å². The predicted octanol–water partition coefficient (Wildman–Crippen LogP) is 7.21. The molecule has 0 saturated heterocycles. The molecule has 0 aliphatic carbocycles. The van der Waals surface area contributed by atoms with Crippen LogP contribution in [0.3, 0.4) is 0 Å². The number of nitrogens with zero attached hydrogens (tertiary/aromatic N) is 3. The third-order valence-electron chi connectivity index (χ3n) is 5.74. The number of carbonyl (C=O) groups excluding carboxylic acids is 1. The summed E-state index contributed by atoms with van der Waals surface area (Å²) in [6, 6.07) is 12.8. The highest BCUT2D eigenvalue weighted by Crippen LogP contribution is 2.47. The van der Waals surface area contributed by atoms with Gasteiger partial charge in [-0.1, -0.05) is 35.9 Å². The number of nitro groups is 1. The number of para-hydroxylation sites is 1. The van der Waals surface area contributed by atoms with E-state index in [0.717, 1.165) is 6.07 Å². The van der Waals surface area contributed by atoms with Gasteiger partial charge in [0, 0.05) is 23.4 Å². The molecule has 0 spiro atoms. The number of anilines is 2. The van der Waals surface area contributed by atoms with Crippen LogP contribution in [0.5, 0.6) is 11.5 Å². The van der Waals surface area contributed by atoms with Crippen LogP contribution in [0.4, 0.5) is 30.4 Å². The predicted molar refractivity (Wildman–Crippen MR) is 135 cm³/mol. The van der Waals surface area contributed by atoms with E-state index in [0.29, 0.717) is 15.3 Å². The quantitative estimate of drug-likeness (QED) is 0.189. The summed E-state index contributed by atoms with van der Waals surface area (Å²) in [5.74, 6) is -0.623. The Balaban J connectivity index is 1.46. The normalized spacial score (nSPS) is 16.8. The fourth-order valence-corrected chi connectivity index (χ4v) is 5.10. The third-order valence-corrected chi connectivity index (χ3v) is 7.08. The molecule has 4 aromatic rings. The maximum Gasteiger partial charge on any atom is 0.410 e. The number of halogens is 4. The summed E-state index contributed by atoms with van der Waals surface area (Å²) >= 11 is 7.66. The zero-order valence-electron chi connectivity index (χ0n) is 19.1. The third kappa shape index (κ3) is 5.15. The molecule has 14 heteroatoms. The van der Waals surface area contributed by atoms with Crippen LogP contribution in [0.25, 0.3) is 0 Å². The molecule has 1 aliphatic rings. The van der Waals surface area contributed by atoms with Gasteiger partial charge >= 0.3 is 6.18 Å². The van der Waals surface area contributed by atoms with Crippen molar-refractivity contribution in [1.82, 2.24) is 9.78 Å². The lowest BCUT2D eigenvalue weighted by atomic mass is 10.0. The van der Waals surface area contributed by atoms with Crippen LogP contribution in [0, 0.1) is 10.1 Å². The van der Waals surface area contributed by atoms with Crippen LogP contribution in [-0.2, 0) is 0 Å². The van der Waals surface area contributed by atoms with Gasteiger partial charge in [0.25, 0.3) is 11.6 Å². The molecule has 0 bridgehead atoms. The molecule has 2 aromatic carbocycles. The van der Waals surface area contributed by atoms with Crippen LogP contribution < -0.4 is 15.4 Å². The van der Waals surface area contributed by atoms with E-state index in [2.05, 4.69) is 15.7 Å². The first kappa shape index (κ1) is 25.5. The van der Waals surface area contributed by atoms with Gasteiger partial charge in [-0.2, -0.15) is 18.3 Å². The molecule has 1 amide bonds. The lowest BCUT2D eigenvalue weighted by molar-refractivity contribution is -0.384. The smallest absolute Gasteiger partial charge is 0.410 e. The van der Waals surface area contributed by atoms with Crippen molar-refractivity contribution in [3.63, 3.8) is 0 Å². The van der Waals surface area contributed by atoms with Crippen molar-refractivity contribution in [3.8, 4) is 11.5 Å². The summed E-state index contributed by atoms with van der Waals surface area (Å²) in [6.45, 7) is 0. The lowest BCUT2D eigenvalue weighted by Crippen LogP contribution is -2.35. The first-order valence-corrected chi connectivity index (χ1v) is 12.3. The van der Waals surface area contributed by atoms with Crippen molar-refractivity contribution in [2.45, 2.75) is 24.7 Å². The van der Waals surface area contributed by atoms with Crippen molar-refractivity contribution in [2.75, 3.05) is 10.6 Å². The van der Waals surface area contributed by atoms with Crippen molar-refractivity contribution in [2.24, 2.45) is 0 Å². The number of nitrogens with one attached hydrogen (secondary N) is 2. The number of thiophene rings is 1. The number of hydrogen-bond acceptors (Lipinski definition) is 7. The number of carbonyl (C=O) groups is 1. The standard InChI is InChI=1S/C24H17ClF3N5O4S/c25-20-21(31-32-19(24(26,27)28)12-17(30-22(20)32)18-7-4-8-38-18)23(34)29-13-9-14(33(35)36)11-16(10-13)37-15-5-2-1-3-6-15/h1-11,17,19,30H,12H2,(H,29,34)/t17-,19-/m1/s1. The minimum absolute atomic E-state index is 0.0334. The molecule has 9 nitrogen and oxygen atoms in total. The summed E-state index contributed by atoms with van der Waals surface area (Å²) in [6.07, 6.45) is -5.00. The number of alkyl halides is 3. The summed E-state index contributed by atoms with van der Waals surface area (Å²) in [5.41, 5.74) is -0.872. The number of ether oxygens (including phenoxy) is 1. The second kappa shape index (κ2) is 9.99. The molecule has 2 atom stereocenters. The van der Waals surface area contributed by atoms with E-state index < -0.39 is 34.8 Å². The second-order valence-corrected chi connectivity index (χ2v) is 9.66. The van der Waals surface area contributed by atoms with E-state index in [1.807, 2.05) is 0 Å². The molecule has 196 valence electrons. The first-order chi connectivity index (χ1) is 18.1. The zero-order valence-corrected chi connectivity index (χ0v) is 20.7. The van der Waals surface area contributed by atoms with Gasteiger partial charge in [0.15, 0.2) is 11.7 Å². The summed E-state index contributed by atoms with van der Waals surface area (Å²) in [5, 5.41) is 22.2. The van der Waals surface area contributed by atoms with Crippen molar-refractivity contribution < 1.29 is 27.6 Å². The van der Waals surface area contributed by atoms with Crippen LogP contribution in [0.15, 0.2) is 66.0 Å². The Bertz CT molecular complexity index is 1490. The number of fused-ring (bicyclic) bond motifs is 1. The molecule has 5 rings (SSSR count). The van der Waals surface area contributed by atoms with E-state index in [-0.39, 0.29) is 34.4 Å². The van der Waals surface area contributed by atoms with Gasteiger partial charge in [0.2, 0.25) is 0 Å². The lowest BCUT2D eigenvalue weighted by Gasteiger charge is -2.32. The molecule has 0 saturated carbocycles. The van der Waals surface area contributed by atoms with Crippen LogP contribution in [0.1, 0.15) is 33.9 Å². The topological polar surface area (TPSA) is 111 Å². The maximum absolute atomic E-state index is 14.0. The number of benzene rings is 2. The monoisotopic (exact) mass is 563 g/mol. The molecule has 0 unspecified atom stereocenters. The number of nitro benzene ring substituents is 1. The first-order valence-electron chi connectivity index (χ1n) is 11.1. The van der Waals surface area contributed by atoms with Gasteiger partial charge in [-0.05, 0) is 23.6 Å². The van der Waals surface area contributed by atoms with Crippen molar-refractivity contribution >= 4 is 46.0 Å². The highest BCUT2D eigenvalue weighted by atomic mass is 35.5. The van der Waals surface area contributed by atoms with Gasteiger partial charge in [-0.3, -0.25) is 14.9 Å².